The first kappa shape index (κ1) is 35.2. The van der Waals surface area contributed by atoms with Crippen LogP contribution in [0.3, 0.4) is 0 Å². The number of carbonyl (C=O) groups is 2. The summed E-state index contributed by atoms with van der Waals surface area (Å²) in [6, 6.07) is 45.1. The van der Waals surface area contributed by atoms with E-state index >= 15 is 0 Å². The first-order valence-corrected chi connectivity index (χ1v) is 17.5. The molecule has 0 N–H and O–H groups in total. The Labute approximate surface area is 301 Å². The van der Waals surface area contributed by atoms with Gasteiger partial charge in [-0.3, -0.25) is 14.5 Å². The van der Waals surface area contributed by atoms with Crippen molar-refractivity contribution in [2.24, 2.45) is 0 Å². The number of benzene rings is 5. The molecule has 0 aromatic heterocycles. The minimum atomic E-state index is -0.699. The summed E-state index contributed by atoms with van der Waals surface area (Å²) in [5.41, 5.74) is 5.12. The summed E-state index contributed by atoms with van der Waals surface area (Å²) in [5.74, 6) is 1.22. The highest BCUT2D eigenvalue weighted by atomic mass is 16.5. The van der Waals surface area contributed by atoms with Crippen LogP contribution in [-0.2, 0) is 35.7 Å². The zero-order valence-corrected chi connectivity index (χ0v) is 29.1. The summed E-state index contributed by atoms with van der Waals surface area (Å²) >= 11 is 0. The maximum Gasteiger partial charge on any atom is 0.247 e. The number of nitrogens with zero attached hydrogens (tertiary/aromatic N) is 3. The molecule has 1 aliphatic rings. The summed E-state index contributed by atoms with van der Waals surface area (Å²) in [7, 11) is 1.63. The summed E-state index contributed by atoms with van der Waals surface area (Å²) in [6.45, 7) is 4.34. The predicted octanol–water partition coefficient (Wildman–Crippen LogP) is 7.27. The topological polar surface area (TPSA) is 62.3 Å². The van der Waals surface area contributed by atoms with Gasteiger partial charge in [0.1, 0.15) is 24.1 Å². The first-order valence-electron chi connectivity index (χ1n) is 17.5. The van der Waals surface area contributed by atoms with Gasteiger partial charge >= 0.3 is 0 Å². The van der Waals surface area contributed by atoms with Crippen LogP contribution in [0.1, 0.15) is 27.8 Å². The van der Waals surface area contributed by atoms with E-state index in [9.17, 15) is 9.59 Å². The summed E-state index contributed by atoms with van der Waals surface area (Å²) in [5, 5.41) is 0. The largest absolute Gasteiger partial charge is 0.497 e. The van der Waals surface area contributed by atoms with E-state index in [2.05, 4.69) is 29.2 Å². The van der Waals surface area contributed by atoms with Crippen LogP contribution in [0.15, 0.2) is 146 Å². The van der Waals surface area contributed by atoms with E-state index in [1.807, 2.05) is 120 Å². The Morgan fingerprint density at radius 3 is 1.84 bits per heavy atom. The predicted molar refractivity (Wildman–Crippen MR) is 202 cm³/mol. The maximum atomic E-state index is 14.6. The Morgan fingerprint density at radius 2 is 1.24 bits per heavy atom. The number of amides is 2. The Kier molecular flexibility index (Phi) is 12.3. The lowest BCUT2D eigenvalue weighted by Crippen LogP contribution is -2.56. The van der Waals surface area contributed by atoms with Crippen molar-refractivity contribution >= 4 is 17.9 Å². The molecular formula is C44H45N3O4. The molecule has 1 aliphatic heterocycles. The molecule has 0 bridgehead atoms. The van der Waals surface area contributed by atoms with Crippen LogP contribution in [0, 0.1) is 0 Å². The van der Waals surface area contributed by atoms with Crippen molar-refractivity contribution in [3.05, 3.63) is 173 Å². The SMILES string of the molecule is COc1ccc(C=CC(=O)N(Cc2ccc(OCc3ccccc3)cc2)[C@@H](Cc2ccccc2)C(=O)N2CCN(Cc3ccccc3)CC2)cc1. The lowest BCUT2D eigenvalue weighted by atomic mass is 10.0. The highest BCUT2D eigenvalue weighted by Crippen LogP contribution is 2.22. The molecule has 7 nitrogen and oxygen atoms in total. The van der Waals surface area contributed by atoms with Gasteiger partial charge in [-0.2, -0.15) is 0 Å². The second-order valence-electron chi connectivity index (χ2n) is 12.8. The van der Waals surface area contributed by atoms with Crippen molar-refractivity contribution in [2.75, 3.05) is 33.3 Å². The highest BCUT2D eigenvalue weighted by molar-refractivity contribution is 5.95. The summed E-state index contributed by atoms with van der Waals surface area (Å²) in [4.78, 5) is 34.9. The van der Waals surface area contributed by atoms with Crippen molar-refractivity contribution in [1.82, 2.24) is 14.7 Å². The molecule has 1 saturated heterocycles. The molecule has 5 aromatic rings. The molecule has 1 atom stereocenters. The van der Waals surface area contributed by atoms with E-state index in [0.29, 0.717) is 26.1 Å². The molecule has 0 aliphatic carbocycles. The molecule has 6 rings (SSSR count). The molecule has 0 radical (unpaired) electrons. The number of ether oxygens (including phenoxy) is 2. The fraction of sp³-hybridized carbons (Fsp3) is 0.227. The second kappa shape index (κ2) is 17.8. The fourth-order valence-electron chi connectivity index (χ4n) is 6.30. The molecule has 51 heavy (non-hydrogen) atoms. The number of hydrogen-bond acceptors (Lipinski definition) is 5. The Bertz CT molecular complexity index is 1840. The third kappa shape index (κ3) is 10.2. The van der Waals surface area contributed by atoms with E-state index in [1.165, 1.54) is 5.56 Å². The number of methoxy groups -OCH3 is 1. The molecule has 1 fully saturated rings. The van der Waals surface area contributed by atoms with Crippen molar-refractivity contribution < 1.29 is 19.1 Å². The van der Waals surface area contributed by atoms with Crippen LogP contribution < -0.4 is 9.47 Å². The Balaban J connectivity index is 1.24. The van der Waals surface area contributed by atoms with Gasteiger partial charge in [0.25, 0.3) is 0 Å². The smallest absolute Gasteiger partial charge is 0.247 e. The molecule has 260 valence electrons. The Morgan fingerprint density at radius 1 is 0.667 bits per heavy atom. The maximum absolute atomic E-state index is 14.6. The van der Waals surface area contributed by atoms with Crippen LogP contribution in [0.4, 0.5) is 0 Å². The number of piperazine rings is 1. The lowest BCUT2D eigenvalue weighted by Gasteiger charge is -2.39. The van der Waals surface area contributed by atoms with E-state index in [4.69, 9.17) is 9.47 Å². The number of carbonyl (C=O) groups excluding carboxylic acids is 2. The summed E-state index contributed by atoms with van der Waals surface area (Å²) < 4.78 is 11.3. The third-order valence-electron chi connectivity index (χ3n) is 9.21. The molecule has 0 unspecified atom stereocenters. The van der Waals surface area contributed by atoms with Gasteiger partial charge in [0, 0.05) is 51.8 Å². The monoisotopic (exact) mass is 679 g/mol. The van der Waals surface area contributed by atoms with Crippen LogP contribution in [0.2, 0.25) is 0 Å². The quantitative estimate of drug-likeness (QED) is 0.116. The van der Waals surface area contributed by atoms with Gasteiger partial charge in [-0.05, 0) is 58.2 Å². The van der Waals surface area contributed by atoms with Crippen LogP contribution in [0.25, 0.3) is 6.08 Å². The van der Waals surface area contributed by atoms with Crippen LogP contribution >= 0.6 is 0 Å². The van der Waals surface area contributed by atoms with E-state index in [1.54, 1.807) is 24.2 Å². The third-order valence-corrected chi connectivity index (χ3v) is 9.21. The second-order valence-corrected chi connectivity index (χ2v) is 12.8. The molecule has 0 spiro atoms. The Hall–Kier alpha value is -5.66. The van der Waals surface area contributed by atoms with Gasteiger partial charge in [0.2, 0.25) is 11.8 Å². The molecule has 0 saturated carbocycles. The van der Waals surface area contributed by atoms with Crippen molar-refractivity contribution in [3.8, 4) is 11.5 Å². The van der Waals surface area contributed by atoms with Gasteiger partial charge in [0.05, 0.1) is 7.11 Å². The average Bonchev–Trinajstić information content (AvgIpc) is 3.19. The molecular weight excluding hydrogens is 635 g/mol. The van der Waals surface area contributed by atoms with Gasteiger partial charge in [0.15, 0.2) is 0 Å². The van der Waals surface area contributed by atoms with E-state index in [0.717, 1.165) is 53.4 Å². The number of rotatable bonds is 14. The highest BCUT2D eigenvalue weighted by Gasteiger charge is 2.34. The fourth-order valence-corrected chi connectivity index (χ4v) is 6.30. The summed E-state index contributed by atoms with van der Waals surface area (Å²) in [6.07, 6.45) is 3.77. The van der Waals surface area contributed by atoms with E-state index in [-0.39, 0.29) is 18.4 Å². The van der Waals surface area contributed by atoms with Crippen LogP contribution in [0.5, 0.6) is 11.5 Å². The minimum Gasteiger partial charge on any atom is -0.497 e. The molecule has 2 amide bonds. The molecule has 1 heterocycles. The minimum absolute atomic E-state index is 0.0350. The van der Waals surface area contributed by atoms with Gasteiger partial charge in [-0.1, -0.05) is 115 Å². The van der Waals surface area contributed by atoms with Crippen LogP contribution in [-0.4, -0.2) is 65.8 Å². The van der Waals surface area contributed by atoms with Gasteiger partial charge in [-0.25, -0.2) is 0 Å². The van der Waals surface area contributed by atoms with E-state index < -0.39 is 6.04 Å². The lowest BCUT2D eigenvalue weighted by molar-refractivity contribution is -0.145. The number of hydrogen-bond donors (Lipinski definition) is 0. The van der Waals surface area contributed by atoms with Gasteiger partial charge in [-0.15, -0.1) is 0 Å². The van der Waals surface area contributed by atoms with Crippen molar-refractivity contribution in [1.29, 1.82) is 0 Å². The first-order chi connectivity index (χ1) is 25.0. The standard InChI is InChI=1S/C44H45N3O4/c1-50-40-22-17-35(18-23-40)21-26-43(48)47(33-38-19-24-41(25-20-38)51-34-39-15-9-4-10-16-39)42(31-36-11-5-2-6-12-36)44(49)46-29-27-45(28-30-46)32-37-13-7-3-8-14-37/h2-26,42H,27-34H2,1H3/t42-/m0/s1. The average molecular weight is 680 g/mol. The molecule has 7 heteroatoms. The normalized spacial score (nSPS) is 13.9. The van der Waals surface area contributed by atoms with Gasteiger partial charge < -0.3 is 19.3 Å². The van der Waals surface area contributed by atoms with Crippen molar-refractivity contribution in [3.63, 3.8) is 0 Å². The van der Waals surface area contributed by atoms with Crippen molar-refractivity contribution in [2.45, 2.75) is 32.2 Å². The zero-order valence-electron chi connectivity index (χ0n) is 29.1. The molecule has 5 aromatic carbocycles. The zero-order chi connectivity index (χ0) is 35.3.